The lowest BCUT2D eigenvalue weighted by molar-refractivity contribution is 0.0699. The van der Waals surface area contributed by atoms with E-state index in [1.165, 1.54) is 0 Å². The summed E-state index contributed by atoms with van der Waals surface area (Å²) in [5.74, 6) is -0.918. The van der Waals surface area contributed by atoms with Crippen molar-refractivity contribution < 1.29 is 9.90 Å². The summed E-state index contributed by atoms with van der Waals surface area (Å²) in [6.45, 7) is 5.80. The highest BCUT2D eigenvalue weighted by Gasteiger charge is 2.24. The Morgan fingerprint density at radius 1 is 1.58 bits per heavy atom. The minimum atomic E-state index is -0.918. The minimum Gasteiger partial charge on any atom is -0.477 e. The summed E-state index contributed by atoms with van der Waals surface area (Å²) >= 11 is 1.05. The Balaban J connectivity index is 3.17. The van der Waals surface area contributed by atoms with Crippen LogP contribution in [0.3, 0.4) is 0 Å². The van der Waals surface area contributed by atoms with Gasteiger partial charge in [-0.3, -0.25) is 0 Å². The topological polar surface area (TPSA) is 50.2 Å². The fourth-order valence-electron chi connectivity index (χ4n) is 0.866. The molecule has 0 aliphatic carbocycles. The van der Waals surface area contributed by atoms with Crippen molar-refractivity contribution in [2.45, 2.75) is 26.2 Å². The van der Waals surface area contributed by atoms with Gasteiger partial charge in [0.15, 0.2) is 5.51 Å². The van der Waals surface area contributed by atoms with Gasteiger partial charge >= 0.3 is 5.97 Å². The average Bonchev–Trinajstić information content (AvgIpc) is 2.30. The first kappa shape index (κ1) is 9.19. The van der Waals surface area contributed by atoms with Gasteiger partial charge in [-0.2, -0.15) is 0 Å². The summed E-state index contributed by atoms with van der Waals surface area (Å²) in [5.41, 5.74) is 2.99. The molecule has 0 spiro atoms. The predicted molar refractivity (Wildman–Crippen MR) is 46.6 cm³/mol. The number of aromatic carboxylic acids is 1. The second-order valence-corrected chi connectivity index (χ2v) is 4.33. The second-order valence-electron chi connectivity index (χ2n) is 3.54. The molecule has 0 bridgehead atoms. The molecule has 0 saturated heterocycles. The van der Waals surface area contributed by atoms with E-state index in [0.717, 1.165) is 11.3 Å². The summed E-state index contributed by atoms with van der Waals surface area (Å²) < 4.78 is 0. The van der Waals surface area contributed by atoms with Crippen molar-refractivity contribution in [1.82, 2.24) is 4.98 Å². The first-order valence-corrected chi connectivity index (χ1v) is 4.35. The van der Waals surface area contributed by atoms with Crippen molar-refractivity contribution >= 4 is 17.3 Å². The summed E-state index contributed by atoms with van der Waals surface area (Å²) in [7, 11) is 0. The fourth-order valence-corrected chi connectivity index (χ4v) is 1.63. The van der Waals surface area contributed by atoms with Gasteiger partial charge < -0.3 is 5.11 Å². The lowest BCUT2D eigenvalue weighted by Crippen LogP contribution is -2.15. The largest absolute Gasteiger partial charge is 0.477 e. The lowest BCUT2D eigenvalue weighted by Gasteiger charge is -2.15. The number of hydrogen-bond acceptors (Lipinski definition) is 3. The molecule has 1 heterocycles. The van der Waals surface area contributed by atoms with Gasteiger partial charge in [0.1, 0.15) is 4.88 Å². The van der Waals surface area contributed by atoms with Gasteiger partial charge in [0.25, 0.3) is 0 Å². The summed E-state index contributed by atoms with van der Waals surface area (Å²) in [6, 6.07) is 0. The molecule has 0 amide bonds. The zero-order chi connectivity index (χ0) is 9.35. The molecule has 0 saturated carbocycles. The zero-order valence-corrected chi connectivity index (χ0v) is 8.03. The number of hydrogen-bond donors (Lipinski definition) is 1. The van der Waals surface area contributed by atoms with Gasteiger partial charge in [-0.1, -0.05) is 20.8 Å². The predicted octanol–water partition coefficient (Wildman–Crippen LogP) is 1.94. The van der Waals surface area contributed by atoms with Crippen LogP contribution in [0.1, 0.15) is 36.1 Å². The average molecular weight is 184 g/mol. The maximum Gasteiger partial charge on any atom is 0.347 e. The van der Waals surface area contributed by atoms with Crippen LogP contribution in [0.5, 0.6) is 0 Å². The van der Waals surface area contributed by atoms with Crippen molar-refractivity contribution in [3.63, 3.8) is 0 Å². The monoisotopic (exact) mass is 184 g/mol. The van der Waals surface area contributed by atoms with Crippen LogP contribution in [0.4, 0.5) is 0 Å². The van der Waals surface area contributed by atoms with E-state index in [9.17, 15) is 4.79 Å². The minimum absolute atomic E-state index is 0.218. The quantitative estimate of drug-likeness (QED) is 0.725. The van der Waals surface area contributed by atoms with Crippen LogP contribution in [-0.4, -0.2) is 16.1 Å². The van der Waals surface area contributed by atoms with Crippen molar-refractivity contribution in [1.29, 1.82) is 0 Å². The number of carboxylic acid groups (broad SMARTS) is 1. The SMILES string of the molecule is CC(C)(C)c1n[c]sc1C(=O)O. The molecule has 0 atom stereocenters. The third-order valence-corrected chi connectivity index (χ3v) is 2.18. The van der Waals surface area contributed by atoms with E-state index in [0.29, 0.717) is 10.6 Å². The van der Waals surface area contributed by atoms with Crippen LogP contribution in [0.25, 0.3) is 0 Å². The number of thiazole rings is 1. The van der Waals surface area contributed by atoms with Gasteiger partial charge in [-0.15, -0.1) is 11.3 Å². The van der Waals surface area contributed by atoms with E-state index >= 15 is 0 Å². The number of carboxylic acids is 1. The molecule has 3 nitrogen and oxygen atoms in total. The summed E-state index contributed by atoms with van der Waals surface area (Å²) in [4.78, 5) is 14.9. The standard InChI is InChI=1S/C8H10NO2S/c1-8(2,3)6-5(7(10)11)12-4-9-6/h1-3H3,(H,10,11). The van der Waals surface area contributed by atoms with Gasteiger partial charge in [0, 0.05) is 5.41 Å². The number of nitrogens with zero attached hydrogens (tertiary/aromatic N) is 1. The molecule has 0 aliphatic heterocycles. The lowest BCUT2D eigenvalue weighted by atomic mass is 9.91. The molecule has 1 aromatic heterocycles. The van der Waals surface area contributed by atoms with E-state index in [1.54, 1.807) is 0 Å². The smallest absolute Gasteiger partial charge is 0.347 e. The maximum absolute atomic E-state index is 10.7. The highest BCUT2D eigenvalue weighted by atomic mass is 32.1. The Morgan fingerprint density at radius 3 is 2.50 bits per heavy atom. The molecular formula is C8H10NO2S. The fraction of sp³-hybridized carbons (Fsp3) is 0.500. The van der Waals surface area contributed by atoms with Crippen molar-refractivity contribution in [2.24, 2.45) is 0 Å². The van der Waals surface area contributed by atoms with Crippen LogP contribution >= 0.6 is 11.3 Å². The molecule has 12 heavy (non-hydrogen) atoms. The summed E-state index contributed by atoms with van der Waals surface area (Å²) in [6.07, 6.45) is 0. The normalized spacial score (nSPS) is 11.6. The van der Waals surface area contributed by atoms with E-state index < -0.39 is 5.97 Å². The first-order valence-electron chi connectivity index (χ1n) is 3.53. The highest BCUT2D eigenvalue weighted by molar-refractivity contribution is 7.11. The van der Waals surface area contributed by atoms with E-state index in [2.05, 4.69) is 10.5 Å². The number of aromatic nitrogens is 1. The Labute approximate surface area is 75.1 Å². The summed E-state index contributed by atoms with van der Waals surface area (Å²) in [5, 5.41) is 8.77. The molecule has 1 rings (SSSR count). The van der Waals surface area contributed by atoms with Crippen LogP contribution in [-0.2, 0) is 5.41 Å². The molecular weight excluding hydrogens is 174 g/mol. The van der Waals surface area contributed by atoms with E-state index in [-0.39, 0.29) is 5.41 Å². The van der Waals surface area contributed by atoms with Crippen molar-refractivity contribution in [2.75, 3.05) is 0 Å². The van der Waals surface area contributed by atoms with Crippen LogP contribution in [0.15, 0.2) is 0 Å². The van der Waals surface area contributed by atoms with Crippen LogP contribution in [0, 0.1) is 5.51 Å². The molecule has 1 radical (unpaired) electrons. The molecule has 1 aromatic rings. The highest BCUT2D eigenvalue weighted by Crippen LogP contribution is 2.26. The van der Waals surface area contributed by atoms with Gasteiger partial charge in [-0.05, 0) is 0 Å². The van der Waals surface area contributed by atoms with Gasteiger partial charge in [0.2, 0.25) is 0 Å². The molecule has 0 fully saturated rings. The van der Waals surface area contributed by atoms with E-state index in [1.807, 2.05) is 20.8 Å². The third kappa shape index (κ3) is 1.64. The van der Waals surface area contributed by atoms with Crippen LogP contribution in [0.2, 0.25) is 0 Å². The Kier molecular flexibility index (Phi) is 2.19. The van der Waals surface area contributed by atoms with Crippen molar-refractivity contribution in [3.05, 3.63) is 16.1 Å². The van der Waals surface area contributed by atoms with Gasteiger partial charge in [0.05, 0.1) is 5.69 Å². The van der Waals surface area contributed by atoms with Crippen molar-refractivity contribution in [3.8, 4) is 0 Å². The molecule has 0 unspecified atom stereocenters. The molecule has 0 aliphatic rings. The first-order chi connectivity index (χ1) is 5.43. The molecule has 0 aromatic carbocycles. The number of carbonyl (C=O) groups is 1. The maximum atomic E-state index is 10.7. The zero-order valence-electron chi connectivity index (χ0n) is 7.21. The molecule has 4 heteroatoms. The Bertz CT molecular complexity index is 298. The Hall–Kier alpha value is -0.900. The number of rotatable bonds is 1. The van der Waals surface area contributed by atoms with Gasteiger partial charge in [-0.25, -0.2) is 9.78 Å². The Morgan fingerprint density at radius 2 is 2.17 bits per heavy atom. The third-order valence-electron chi connectivity index (χ3n) is 1.42. The van der Waals surface area contributed by atoms with Crippen LogP contribution < -0.4 is 0 Å². The second kappa shape index (κ2) is 2.86. The molecule has 1 N–H and O–H groups in total. The molecule has 65 valence electrons. The van der Waals surface area contributed by atoms with E-state index in [4.69, 9.17) is 5.11 Å².